The van der Waals surface area contributed by atoms with Gasteiger partial charge >= 0.3 is 6.36 Å². The summed E-state index contributed by atoms with van der Waals surface area (Å²) in [7, 11) is 0. The monoisotopic (exact) mass is 239 g/mol. The lowest BCUT2D eigenvalue weighted by atomic mass is 10.2. The normalized spacial score (nSPS) is 11.2. The van der Waals surface area contributed by atoms with E-state index in [0.717, 1.165) is 18.2 Å². The van der Waals surface area contributed by atoms with Crippen molar-refractivity contribution in [1.82, 2.24) is 0 Å². The zero-order valence-corrected chi connectivity index (χ0v) is 7.89. The molecule has 0 fully saturated rings. The SMILES string of the molecule is Nc1ccc(OC(F)(F)F)cc1C(=O)Cl. The van der Waals surface area contributed by atoms with E-state index in [2.05, 4.69) is 4.74 Å². The van der Waals surface area contributed by atoms with Crippen molar-refractivity contribution in [3.63, 3.8) is 0 Å². The van der Waals surface area contributed by atoms with Crippen molar-refractivity contribution in [2.45, 2.75) is 6.36 Å². The fraction of sp³-hybridized carbons (Fsp3) is 0.125. The Bertz CT molecular complexity index is 392. The molecule has 0 bridgehead atoms. The number of rotatable bonds is 2. The fourth-order valence-corrected chi connectivity index (χ4v) is 1.07. The number of ether oxygens (including phenoxy) is 1. The highest BCUT2D eigenvalue weighted by Crippen LogP contribution is 2.26. The van der Waals surface area contributed by atoms with Crippen LogP contribution in [0.15, 0.2) is 18.2 Å². The van der Waals surface area contributed by atoms with Gasteiger partial charge in [-0.05, 0) is 29.8 Å². The molecule has 0 aliphatic heterocycles. The Labute approximate surface area is 87.6 Å². The number of alkyl halides is 3. The smallest absolute Gasteiger partial charge is 0.406 e. The van der Waals surface area contributed by atoms with Crippen LogP contribution in [0, 0.1) is 0 Å². The number of nitrogen functional groups attached to an aromatic ring is 1. The van der Waals surface area contributed by atoms with E-state index < -0.39 is 17.4 Å². The number of benzene rings is 1. The molecule has 0 saturated heterocycles. The summed E-state index contributed by atoms with van der Waals surface area (Å²) in [5.74, 6) is -0.541. The van der Waals surface area contributed by atoms with Crippen LogP contribution in [0.3, 0.4) is 0 Å². The van der Waals surface area contributed by atoms with Crippen LogP contribution in [-0.2, 0) is 0 Å². The molecule has 3 nitrogen and oxygen atoms in total. The minimum absolute atomic E-state index is 0.00970. The van der Waals surface area contributed by atoms with Crippen LogP contribution in [0.5, 0.6) is 5.75 Å². The number of halogens is 4. The van der Waals surface area contributed by atoms with E-state index in [1.165, 1.54) is 0 Å². The van der Waals surface area contributed by atoms with Gasteiger partial charge < -0.3 is 10.5 Å². The van der Waals surface area contributed by atoms with Crippen LogP contribution < -0.4 is 10.5 Å². The van der Waals surface area contributed by atoms with Gasteiger partial charge in [0.2, 0.25) is 0 Å². The van der Waals surface area contributed by atoms with E-state index >= 15 is 0 Å². The van der Waals surface area contributed by atoms with Crippen LogP contribution in [-0.4, -0.2) is 11.6 Å². The molecule has 2 N–H and O–H groups in total. The quantitative estimate of drug-likeness (QED) is 0.637. The van der Waals surface area contributed by atoms with Crippen LogP contribution >= 0.6 is 11.6 Å². The summed E-state index contributed by atoms with van der Waals surface area (Å²) in [6, 6.07) is 2.93. The third-order valence-electron chi connectivity index (χ3n) is 1.47. The van der Waals surface area contributed by atoms with E-state index in [1.807, 2.05) is 0 Å². The summed E-state index contributed by atoms with van der Waals surface area (Å²) in [5, 5.41) is -0.944. The molecule has 0 aliphatic carbocycles. The topological polar surface area (TPSA) is 52.3 Å². The van der Waals surface area contributed by atoms with E-state index in [9.17, 15) is 18.0 Å². The van der Waals surface area contributed by atoms with Gasteiger partial charge in [0.05, 0.1) is 5.56 Å². The largest absolute Gasteiger partial charge is 0.573 e. The maximum Gasteiger partial charge on any atom is 0.573 e. The van der Waals surface area contributed by atoms with Crippen molar-refractivity contribution in [2.24, 2.45) is 0 Å². The molecule has 0 unspecified atom stereocenters. The maximum atomic E-state index is 11.8. The average Bonchev–Trinajstić information content (AvgIpc) is 2.05. The Hall–Kier alpha value is -1.43. The molecule has 0 aromatic heterocycles. The molecule has 0 amide bonds. The highest BCUT2D eigenvalue weighted by atomic mass is 35.5. The first-order chi connectivity index (χ1) is 6.79. The van der Waals surface area contributed by atoms with E-state index in [4.69, 9.17) is 17.3 Å². The minimum Gasteiger partial charge on any atom is -0.406 e. The lowest BCUT2D eigenvalue weighted by Gasteiger charge is -2.09. The van der Waals surface area contributed by atoms with Gasteiger partial charge in [-0.1, -0.05) is 0 Å². The number of carbonyl (C=O) groups is 1. The first-order valence-electron chi connectivity index (χ1n) is 3.65. The average molecular weight is 240 g/mol. The van der Waals surface area contributed by atoms with Crippen molar-refractivity contribution in [3.8, 4) is 5.75 Å². The molecule has 15 heavy (non-hydrogen) atoms. The second kappa shape index (κ2) is 3.98. The summed E-state index contributed by atoms with van der Waals surface area (Å²) >= 11 is 5.10. The van der Waals surface area contributed by atoms with Crippen molar-refractivity contribution in [1.29, 1.82) is 0 Å². The van der Waals surface area contributed by atoms with Crippen LogP contribution in [0.1, 0.15) is 10.4 Å². The third-order valence-corrected chi connectivity index (χ3v) is 1.67. The summed E-state index contributed by atoms with van der Waals surface area (Å²) in [4.78, 5) is 10.7. The summed E-state index contributed by atoms with van der Waals surface area (Å²) in [6.07, 6.45) is -4.82. The Morgan fingerprint density at radius 2 is 2.00 bits per heavy atom. The second-order valence-electron chi connectivity index (χ2n) is 2.57. The second-order valence-corrected chi connectivity index (χ2v) is 2.91. The molecule has 82 valence electrons. The highest BCUT2D eigenvalue weighted by Gasteiger charge is 2.31. The number of nitrogens with two attached hydrogens (primary N) is 1. The zero-order valence-electron chi connectivity index (χ0n) is 7.14. The molecule has 0 radical (unpaired) electrons. The van der Waals surface area contributed by atoms with E-state index in [-0.39, 0.29) is 11.3 Å². The molecule has 0 aliphatic rings. The van der Waals surface area contributed by atoms with Gasteiger partial charge in [-0.25, -0.2) is 0 Å². The van der Waals surface area contributed by atoms with E-state index in [0.29, 0.717) is 0 Å². The lowest BCUT2D eigenvalue weighted by molar-refractivity contribution is -0.274. The van der Waals surface area contributed by atoms with Gasteiger partial charge in [-0.2, -0.15) is 0 Å². The minimum atomic E-state index is -4.82. The zero-order chi connectivity index (χ0) is 11.6. The third kappa shape index (κ3) is 3.32. The molecular weight excluding hydrogens is 235 g/mol. The Balaban J connectivity index is 3.03. The van der Waals surface area contributed by atoms with Gasteiger partial charge in [0.25, 0.3) is 5.24 Å². The molecule has 7 heteroatoms. The molecular formula is C8H5ClF3NO2. The van der Waals surface area contributed by atoms with E-state index in [1.54, 1.807) is 0 Å². The van der Waals surface area contributed by atoms with Gasteiger partial charge in [-0.15, -0.1) is 13.2 Å². The molecule has 0 spiro atoms. The van der Waals surface area contributed by atoms with Gasteiger partial charge in [-0.3, -0.25) is 4.79 Å². The number of anilines is 1. The lowest BCUT2D eigenvalue weighted by Crippen LogP contribution is -2.17. The molecule has 1 rings (SSSR count). The maximum absolute atomic E-state index is 11.8. The van der Waals surface area contributed by atoms with Crippen LogP contribution in [0.2, 0.25) is 0 Å². The highest BCUT2D eigenvalue weighted by molar-refractivity contribution is 6.68. The standard InChI is InChI=1S/C8H5ClF3NO2/c9-7(14)5-3-4(1-2-6(5)13)15-8(10,11)12/h1-3H,13H2. The molecule has 0 atom stereocenters. The molecule has 1 aromatic carbocycles. The van der Waals surface area contributed by atoms with Gasteiger partial charge in [0.1, 0.15) is 5.75 Å². The first-order valence-corrected chi connectivity index (χ1v) is 4.02. The molecule has 1 aromatic rings. The van der Waals surface area contributed by atoms with Crippen molar-refractivity contribution in [3.05, 3.63) is 23.8 Å². The Morgan fingerprint density at radius 3 is 2.47 bits per heavy atom. The summed E-state index contributed by atoms with van der Waals surface area (Å²) < 4.78 is 39.0. The first kappa shape index (κ1) is 11.6. The molecule has 0 heterocycles. The van der Waals surface area contributed by atoms with Crippen molar-refractivity contribution >= 4 is 22.5 Å². The van der Waals surface area contributed by atoms with Crippen LogP contribution in [0.4, 0.5) is 18.9 Å². The predicted octanol–water partition coefficient (Wildman–Crippen LogP) is 2.55. The van der Waals surface area contributed by atoms with Gasteiger partial charge in [0, 0.05) is 5.69 Å². The fourth-order valence-electron chi connectivity index (χ4n) is 0.903. The Kier molecular flexibility index (Phi) is 3.09. The number of carbonyl (C=O) groups excluding carboxylic acids is 1. The number of hydrogen-bond acceptors (Lipinski definition) is 3. The summed E-state index contributed by atoms with van der Waals surface area (Å²) in [6.45, 7) is 0. The number of hydrogen-bond donors (Lipinski definition) is 1. The molecule has 0 saturated carbocycles. The van der Waals surface area contributed by atoms with Crippen molar-refractivity contribution in [2.75, 3.05) is 5.73 Å². The van der Waals surface area contributed by atoms with Crippen molar-refractivity contribution < 1.29 is 22.7 Å². The van der Waals surface area contributed by atoms with Crippen LogP contribution in [0.25, 0.3) is 0 Å². The van der Waals surface area contributed by atoms with Gasteiger partial charge in [0.15, 0.2) is 0 Å². The Morgan fingerprint density at radius 1 is 1.40 bits per heavy atom. The summed E-state index contributed by atoms with van der Waals surface area (Å²) in [5.41, 5.74) is 5.08. The predicted molar refractivity (Wildman–Crippen MR) is 47.7 cm³/mol.